The second-order valence-corrected chi connectivity index (χ2v) is 3.50. The molecule has 84 valence electrons. The van der Waals surface area contributed by atoms with E-state index < -0.39 is 23.3 Å². The second-order valence-electron chi connectivity index (χ2n) is 3.50. The Morgan fingerprint density at radius 2 is 1.38 bits per heavy atom. The highest BCUT2D eigenvalue weighted by molar-refractivity contribution is 5.77. The lowest BCUT2D eigenvalue weighted by Crippen LogP contribution is -1.97. The van der Waals surface area contributed by atoms with Gasteiger partial charge in [0.25, 0.3) is 0 Å². The van der Waals surface area contributed by atoms with Crippen molar-refractivity contribution >= 4 is 5.57 Å². The Morgan fingerprint density at radius 3 is 1.94 bits per heavy atom. The van der Waals surface area contributed by atoms with Gasteiger partial charge in [0.1, 0.15) is 5.83 Å². The van der Waals surface area contributed by atoms with Gasteiger partial charge in [0, 0.05) is 5.57 Å². The molecular formula is C12H8F4. The summed E-state index contributed by atoms with van der Waals surface area (Å²) in [4.78, 5) is 0. The first-order valence-electron chi connectivity index (χ1n) is 4.80. The van der Waals surface area contributed by atoms with Crippen molar-refractivity contribution in [1.82, 2.24) is 0 Å². The van der Waals surface area contributed by atoms with Gasteiger partial charge in [0.05, 0.1) is 0 Å². The first-order valence-corrected chi connectivity index (χ1v) is 4.80. The summed E-state index contributed by atoms with van der Waals surface area (Å²) in [5, 5.41) is 0. The lowest BCUT2D eigenvalue weighted by atomic mass is 9.98. The van der Waals surface area contributed by atoms with Gasteiger partial charge in [-0.05, 0) is 36.6 Å². The van der Waals surface area contributed by atoms with Gasteiger partial charge in [-0.1, -0.05) is 6.08 Å². The molecule has 1 aliphatic carbocycles. The van der Waals surface area contributed by atoms with E-state index in [-0.39, 0.29) is 11.1 Å². The van der Waals surface area contributed by atoms with Gasteiger partial charge in [-0.15, -0.1) is 0 Å². The molecule has 0 bridgehead atoms. The van der Waals surface area contributed by atoms with Gasteiger partial charge in [-0.25, -0.2) is 17.6 Å². The lowest BCUT2D eigenvalue weighted by Gasteiger charge is -2.10. The molecule has 0 saturated carbocycles. The summed E-state index contributed by atoms with van der Waals surface area (Å²) < 4.78 is 51.9. The third-order valence-corrected chi connectivity index (χ3v) is 2.39. The molecule has 0 radical (unpaired) electrons. The van der Waals surface area contributed by atoms with Crippen LogP contribution in [0, 0.1) is 17.5 Å². The van der Waals surface area contributed by atoms with Crippen molar-refractivity contribution in [3.05, 3.63) is 53.1 Å². The summed E-state index contributed by atoms with van der Waals surface area (Å²) >= 11 is 0. The molecule has 16 heavy (non-hydrogen) atoms. The van der Waals surface area contributed by atoms with Gasteiger partial charge >= 0.3 is 0 Å². The van der Waals surface area contributed by atoms with Gasteiger partial charge in [0.2, 0.25) is 0 Å². The van der Waals surface area contributed by atoms with Crippen molar-refractivity contribution in [3.8, 4) is 0 Å². The Labute approximate surface area is 89.9 Å². The van der Waals surface area contributed by atoms with E-state index in [1.165, 1.54) is 6.08 Å². The summed E-state index contributed by atoms with van der Waals surface area (Å²) in [7, 11) is 0. The van der Waals surface area contributed by atoms with Gasteiger partial charge in [0.15, 0.2) is 17.5 Å². The van der Waals surface area contributed by atoms with E-state index >= 15 is 0 Å². The zero-order valence-electron chi connectivity index (χ0n) is 8.24. The van der Waals surface area contributed by atoms with Crippen molar-refractivity contribution in [2.24, 2.45) is 0 Å². The molecule has 2 rings (SSSR count). The monoisotopic (exact) mass is 228 g/mol. The number of rotatable bonds is 1. The topological polar surface area (TPSA) is 0 Å². The Kier molecular flexibility index (Phi) is 2.81. The van der Waals surface area contributed by atoms with E-state index in [9.17, 15) is 17.6 Å². The average molecular weight is 228 g/mol. The van der Waals surface area contributed by atoms with E-state index in [4.69, 9.17) is 0 Å². The zero-order valence-corrected chi connectivity index (χ0v) is 8.24. The molecule has 0 aromatic heterocycles. The molecule has 0 saturated heterocycles. The van der Waals surface area contributed by atoms with Crippen molar-refractivity contribution in [3.63, 3.8) is 0 Å². The number of hydrogen-bond donors (Lipinski definition) is 0. The molecule has 0 aliphatic heterocycles. The van der Waals surface area contributed by atoms with Crippen LogP contribution in [0.5, 0.6) is 0 Å². The van der Waals surface area contributed by atoms with Crippen LogP contribution in [0.2, 0.25) is 0 Å². The maximum atomic E-state index is 13.4. The van der Waals surface area contributed by atoms with E-state index in [0.29, 0.717) is 12.8 Å². The average Bonchev–Trinajstić information content (AvgIpc) is 2.26. The van der Waals surface area contributed by atoms with E-state index in [1.54, 1.807) is 6.08 Å². The number of hydrogen-bond acceptors (Lipinski definition) is 0. The van der Waals surface area contributed by atoms with E-state index in [1.807, 2.05) is 0 Å². The van der Waals surface area contributed by atoms with Gasteiger partial charge < -0.3 is 0 Å². The highest BCUT2D eigenvalue weighted by Crippen LogP contribution is 2.30. The van der Waals surface area contributed by atoms with Gasteiger partial charge in [-0.3, -0.25) is 0 Å². The summed E-state index contributed by atoms with van der Waals surface area (Å²) in [6, 6.07) is 1.59. The molecule has 1 aromatic rings. The fraction of sp³-hybridized carbons (Fsp3) is 0.167. The molecule has 0 unspecified atom stereocenters. The number of benzene rings is 1. The number of halogens is 4. The standard InChI is InChI=1S/C12H8F4/c13-9-4-2-1-3-8(9)7-5-10(14)12(16)11(15)6-7/h3-6H,1-2H2. The third-order valence-electron chi connectivity index (χ3n) is 2.39. The molecule has 0 nitrogen and oxygen atoms in total. The van der Waals surface area contributed by atoms with E-state index in [2.05, 4.69) is 0 Å². The highest BCUT2D eigenvalue weighted by Gasteiger charge is 2.16. The Balaban J connectivity index is 2.49. The van der Waals surface area contributed by atoms with Crippen LogP contribution in [-0.2, 0) is 0 Å². The van der Waals surface area contributed by atoms with Crippen LogP contribution < -0.4 is 0 Å². The van der Waals surface area contributed by atoms with Crippen LogP contribution in [0.3, 0.4) is 0 Å². The predicted octanol–water partition coefficient (Wildman–Crippen LogP) is 4.13. The van der Waals surface area contributed by atoms with Crippen LogP contribution in [0.25, 0.3) is 5.57 Å². The Bertz CT molecular complexity index is 463. The smallest absolute Gasteiger partial charge is 0.194 e. The summed E-state index contributed by atoms with van der Waals surface area (Å²) in [6.07, 6.45) is 4.04. The normalized spacial score (nSPS) is 15.8. The summed E-state index contributed by atoms with van der Waals surface area (Å²) in [5.41, 5.74) is 0.133. The lowest BCUT2D eigenvalue weighted by molar-refractivity contribution is 0.446. The fourth-order valence-corrected chi connectivity index (χ4v) is 1.61. The summed E-state index contributed by atoms with van der Waals surface area (Å²) in [5.74, 6) is -4.69. The number of allylic oxidation sites excluding steroid dienone is 4. The predicted molar refractivity (Wildman–Crippen MR) is 52.7 cm³/mol. The minimum Gasteiger partial charge on any atom is -0.207 e. The minimum atomic E-state index is -1.54. The van der Waals surface area contributed by atoms with Crippen LogP contribution in [0.1, 0.15) is 18.4 Å². The second kappa shape index (κ2) is 4.12. The Hall–Kier alpha value is -1.58. The van der Waals surface area contributed by atoms with Crippen LogP contribution in [0.15, 0.2) is 30.1 Å². The van der Waals surface area contributed by atoms with Crippen molar-refractivity contribution in [2.75, 3.05) is 0 Å². The highest BCUT2D eigenvalue weighted by atomic mass is 19.2. The molecule has 0 atom stereocenters. The quantitative estimate of drug-likeness (QED) is 0.500. The third kappa shape index (κ3) is 1.87. The first kappa shape index (κ1) is 10.9. The fourth-order valence-electron chi connectivity index (χ4n) is 1.61. The molecule has 0 amide bonds. The molecule has 0 spiro atoms. The maximum Gasteiger partial charge on any atom is 0.194 e. The van der Waals surface area contributed by atoms with Crippen molar-refractivity contribution in [2.45, 2.75) is 12.8 Å². The molecule has 4 heteroatoms. The Morgan fingerprint density at radius 1 is 0.812 bits per heavy atom. The SMILES string of the molecule is FC1=CCCC=C1c1cc(F)c(F)c(F)c1. The maximum absolute atomic E-state index is 13.4. The van der Waals surface area contributed by atoms with Crippen molar-refractivity contribution < 1.29 is 17.6 Å². The van der Waals surface area contributed by atoms with Gasteiger partial charge in [-0.2, -0.15) is 0 Å². The largest absolute Gasteiger partial charge is 0.207 e. The molecule has 0 heterocycles. The molecule has 1 aliphatic rings. The minimum absolute atomic E-state index is 0.0184. The van der Waals surface area contributed by atoms with Crippen molar-refractivity contribution in [1.29, 1.82) is 0 Å². The molecule has 0 fully saturated rings. The molecule has 1 aromatic carbocycles. The summed E-state index contributed by atoms with van der Waals surface area (Å²) in [6.45, 7) is 0. The van der Waals surface area contributed by atoms with E-state index in [0.717, 1.165) is 12.1 Å². The van der Waals surface area contributed by atoms with Crippen LogP contribution in [-0.4, -0.2) is 0 Å². The van der Waals surface area contributed by atoms with Crippen LogP contribution in [0.4, 0.5) is 17.6 Å². The first-order chi connectivity index (χ1) is 7.59. The molecular weight excluding hydrogens is 220 g/mol. The zero-order chi connectivity index (χ0) is 11.7. The van der Waals surface area contributed by atoms with Crippen LogP contribution >= 0.6 is 0 Å². The molecule has 0 N–H and O–H groups in total.